The standard InChI is InChI=1S/C24H33N3O5/c1-32-20-8-4-5-18(15-20)24(16-21(29)26-11-9-25(10-12-26)13-14-28)17-22(30)27(23(24)31)19-6-2-3-7-19/h4-5,8,15,19,28H,2-3,6-7,9-14,16-17H2,1H3. The molecule has 2 heterocycles. The Bertz CT molecular complexity index is 861. The van der Waals surface area contributed by atoms with E-state index in [1.807, 2.05) is 12.1 Å². The molecular formula is C24H33N3O5. The number of carbonyl (C=O) groups excluding carboxylic acids is 3. The molecule has 1 unspecified atom stereocenters. The lowest BCUT2D eigenvalue weighted by atomic mass is 9.75. The van der Waals surface area contributed by atoms with Crippen molar-refractivity contribution in [1.29, 1.82) is 0 Å². The fourth-order valence-electron chi connectivity index (χ4n) is 5.41. The van der Waals surface area contributed by atoms with Crippen molar-refractivity contribution < 1.29 is 24.2 Å². The van der Waals surface area contributed by atoms with Crippen LogP contribution in [0.3, 0.4) is 0 Å². The van der Waals surface area contributed by atoms with Crippen LogP contribution >= 0.6 is 0 Å². The van der Waals surface area contributed by atoms with Crippen molar-refractivity contribution in [1.82, 2.24) is 14.7 Å². The summed E-state index contributed by atoms with van der Waals surface area (Å²) in [5, 5.41) is 9.15. The van der Waals surface area contributed by atoms with E-state index in [1.54, 1.807) is 24.1 Å². The van der Waals surface area contributed by atoms with Gasteiger partial charge < -0.3 is 14.7 Å². The van der Waals surface area contributed by atoms with Crippen LogP contribution in [0.2, 0.25) is 0 Å². The summed E-state index contributed by atoms with van der Waals surface area (Å²) in [6, 6.07) is 7.17. The maximum atomic E-state index is 13.8. The second kappa shape index (κ2) is 9.58. The summed E-state index contributed by atoms with van der Waals surface area (Å²) in [5.41, 5.74) is -0.518. The number of likely N-dealkylation sites (tertiary alicyclic amines) is 1. The second-order valence-electron chi connectivity index (χ2n) is 9.12. The van der Waals surface area contributed by atoms with Crippen LogP contribution in [0.4, 0.5) is 0 Å². The summed E-state index contributed by atoms with van der Waals surface area (Å²) in [4.78, 5) is 45.7. The molecule has 8 heteroatoms. The molecule has 0 bridgehead atoms. The quantitative estimate of drug-likeness (QED) is 0.636. The lowest BCUT2D eigenvalue weighted by Crippen LogP contribution is -2.51. The monoisotopic (exact) mass is 443 g/mol. The number of β-amino-alcohol motifs (C(OH)–C–C–N with tert-alkyl or cyclic N) is 1. The molecule has 3 fully saturated rings. The zero-order valence-corrected chi connectivity index (χ0v) is 18.8. The fourth-order valence-corrected chi connectivity index (χ4v) is 5.41. The minimum Gasteiger partial charge on any atom is -0.497 e. The first kappa shape index (κ1) is 22.7. The van der Waals surface area contributed by atoms with Crippen LogP contribution < -0.4 is 4.74 Å². The molecule has 32 heavy (non-hydrogen) atoms. The van der Waals surface area contributed by atoms with Gasteiger partial charge in [0.05, 0.1) is 19.1 Å². The van der Waals surface area contributed by atoms with Gasteiger partial charge in [-0.15, -0.1) is 0 Å². The van der Waals surface area contributed by atoms with E-state index in [0.29, 0.717) is 44.0 Å². The molecular weight excluding hydrogens is 410 g/mol. The smallest absolute Gasteiger partial charge is 0.241 e. The molecule has 3 aliphatic rings. The van der Waals surface area contributed by atoms with Gasteiger partial charge in [-0.2, -0.15) is 0 Å². The third kappa shape index (κ3) is 4.26. The molecule has 0 spiro atoms. The Balaban J connectivity index is 1.61. The van der Waals surface area contributed by atoms with Gasteiger partial charge >= 0.3 is 0 Å². The lowest BCUT2D eigenvalue weighted by Gasteiger charge is -2.36. The highest BCUT2D eigenvalue weighted by Crippen LogP contribution is 2.43. The molecule has 2 aliphatic heterocycles. The van der Waals surface area contributed by atoms with Gasteiger partial charge in [-0.1, -0.05) is 25.0 Å². The zero-order valence-electron chi connectivity index (χ0n) is 18.8. The molecule has 1 atom stereocenters. The maximum Gasteiger partial charge on any atom is 0.241 e. The number of aliphatic hydroxyl groups excluding tert-OH is 1. The van der Waals surface area contributed by atoms with Crippen molar-refractivity contribution in [2.75, 3.05) is 46.4 Å². The molecule has 0 radical (unpaired) electrons. The number of rotatable bonds is 7. The SMILES string of the molecule is COc1cccc(C2(CC(=O)N3CCN(CCO)CC3)CC(=O)N(C3CCCC3)C2=O)c1. The normalized spacial score (nSPS) is 25.1. The Labute approximate surface area is 189 Å². The summed E-state index contributed by atoms with van der Waals surface area (Å²) in [7, 11) is 1.56. The number of aliphatic hydroxyl groups is 1. The number of benzene rings is 1. The maximum absolute atomic E-state index is 13.8. The van der Waals surface area contributed by atoms with E-state index in [9.17, 15) is 14.4 Å². The summed E-state index contributed by atoms with van der Waals surface area (Å²) < 4.78 is 5.37. The molecule has 174 valence electrons. The van der Waals surface area contributed by atoms with Gasteiger partial charge in [-0.25, -0.2) is 0 Å². The Hall–Kier alpha value is -2.45. The van der Waals surface area contributed by atoms with E-state index in [2.05, 4.69) is 4.90 Å². The van der Waals surface area contributed by atoms with E-state index >= 15 is 0 Å². The van der Waals surface area contributed by atoms with Gasteiger partial charge in [0.2, 0.25) is 17.7 Å². The number of hydrogen-bond donors (Lipinski definition) is 1. The minimum absolute atomic E-state index is 0.0196. The van der Waals surface area contributed by atoms with Gasteiger partial charge in [0.1, 0.15) is 5.75 Å². The molecule has 1 N–H and O–H groups in total. The Morgan fingerprint density at radius 3 is 2.53 bits per heavy atom. The Morgan fingerprint density at radius 1 is 1.16 bits per heavy atom. The van der Waals surface area contributed by atoms with Crippen LogP contribution in [0, 0.1) is 0 Å². The molecule has 0 aromatic heterocycles. The minimum atomic E-state index is -1.19. The number of carbonyl (C=O) groups is 3. The molecule has 1 saturated carbocycles. The van der Waals surface area contributed by atoms with Gasteiger partial charge in [-0.3, -0.25) is 24.2 Å². The van der Waals surface area contributed by atoms with Gasteiger partial charge in [0.25, 0.3) is 0 Å². The predicted molar refractivity (Wildman–Crippen MR) is 118 cm³/mol. The van der Waals surface area contributed by atoms with Gasteiger partial charge in [0, 0.05) is 51.6 Å². The summed E-state index contributed by atoms with van der Waals surface area (Å²) in [6.07, 6.45) is 3.72. The summed E-state index contributed by atoms with van der Waals surface area (Å²) >= 11 is 0. The number of ether oxygens (including phenoxy) is 1. The van der Waals surface area contributed by atoms with E-state index in [4.69, 9.17) is 9.84 Å². The Morgan fingerprint density at radius 2 is 1.88 bits per heavy atom. The topological polar surface area (TPSA) is 90.4 Å². The van der Waals surface area contributed by atoms with E-state index in [0.717, 1.165) is 25.7 Å². The Kier molecular flexibility index (Phi) is 6.81. The van der Waals surface area contributed by atoms with E-state index < -0.39 is 5.41 Å². The largest absolute Gasteiger partial charge is 0.497 e. The number of nitrogens with zero attached hydrogens (tertiary/aromatic N) is 3. The van der Waals surface area contributed by atoms with Gasteiger partial charge in [-0.05, 0) is 30.5 Å². The molecule has 1 aliphatic carbocycles. The number of amides is 3. The predicted octanol–water partition coefficient (Wildman–Crippen LogP) is 1.16. The summed E-state index contributed by atoms with van der Waals surface area (Å²) in [6.45, 7) is 3.20. The molecule has 2 saturated heterocycles. The number of methoxy groups -OCH3 is 1. The third-order valence-corrected chi connectivity index (χ3v) is 7.26. The van der Waals surface area contributed by atoms with Crippen LogP contribution in [0.25, 0.3) is 0 Å². The number of imide groups is 1. The molecule has 1 aromatic rings. The van der Waals surface area contributed by atoms with Gasteiger partial charge in [0.15, 0.2) is 0 Å². The van der Waals surface area contributed by atoms with E-state index in [-0.39, 0.29) is 43.2 Å². The first-order chi connectivity index (χ1) is 15.5. The van der Waals surface area contributed by atoms with Crippen molar-refractivity contribution >= 4 is 17.7 Å². The van der Waals surface area contributed by atoms with E-state index in [1.165, 1.54) is 4.90 Å². The highest BCUT2D eigenvalue weighted by molar-refractivity contribution is 6.11. The number of hydrogen-bond acceptors (Lipinski definition) is 6. The second-order valence-corrected chi connectivity index (χ2v) is 9.12. The van der Waals surface area contributed by atoms with Crippen LogP contribution in [0.15, 0.2) is 24.3 Å². The lowest BCUT2D eigenvalue weighted by molar-refractivity contribution is -0.145. The average Bonchev–Trinajstić information content (AvgIpc) is 3.41. The van der Waals surface area contributed by atoms with Crippen LogP contribution in [0.1, 0.15) is 44.1 Å². The van der Waals surface area contributed by atoms with Crippen molar-refractivity contribution in [3.05, 3.63) is 29.8 Å². The van der Waals surface area contributed by atoms with Crippen molar-refractivity contribution in [2.24, 2.45) is 0 Å². The highest BCUT2D eigenvalue weighted by Gasteiger charge is 2.56. The van der Waals surface area contributed by atoms with Crippen molar-refractivity contribution in [3.8, 4) is 5.75 Å². The molecule has 1 aromatic carbocycles. The zero-order chi connectivity index (χ0) is 22.7. The highest BCUT2D eigenvalue weighted by atomic mass is 16.5. The van der Waals surface area contributed by atoms with Crippen LogP contribution in [0.5, 0.6) is 5.75 Å². The average molecular weight is 444 g/mol. The molecule has 3 amide bonds. The van der Waals surface area contributed by atoms with Crippen LogP contribution in [-0.2, 0) is 19.8 Å². The fraction of sp³-hybridized carbons (Fsp3) is 0.625. The molecule has 4 rings (SSSR count). The molecule has 8 nitrogen and oxygen atoms in total. The first-order valence-electron chi connectivity index (χ1n) is 11.6. The number of piperazine rings is 1. The summed E-state index contributed by atoms with van der Waals surface area (Å²) in [5.74, 6) is 0.0811. The first-order valence-corrected chi connectivity index (χ1v) is 11.6. The van der Waals surface area contributed by atoms with Crippen LogP contribution in [-0.4, -0.2) is 90.0 Å². The van der Waals surface area contributed by atoms with Crippen molar-refractivity contribution in [3.63, 3.8) is 0 Å². The van der Waals surface area contributed by atoms with Crippen molar-refractivity contribution in [2.45, 2.75) is 50.0 Å². The third-order valence-electron chi connectivity index (χ3n) is 7.26.